The van der Waals surface area contributed by atoms with E-state index in [1.165, 1.54) is 13.2 Å². The molecule has 0 unspecified atom stereocenters. The summed E-state index contributed by atoms with van der Waals surface area (Å²) in [5.74, 6) is 0.451. The van der Waals surface area contributed by atoms with Crippen molar-refractivity contribution in [3.63, 3.8) is 0 Å². The number of nitrogens with zero attached hydrogens (tertiary/aromatic N) is 1. The van der Waals surface area contributed by atoms with Crippen molar-refractivity contribution in [1.82, 2.24) is 4.98 Å². The zero-order valence-corrected chi connectivity index (χ0v) is 14.0. The topological polar surface area (TPSA) is 94.3 Å². The molecular weight excluding hydrogens is 382 g/mol. The maximum atomic E-state index is 12.3. The molecule has 1 heterocycles. The number of methoxy groups -OCH3 is 1. The van der Waals surface area contributed by atoms with Crippen LogP contribution in [0.3, 0.4) is 0 Å². The third kappa shape index (κ3) is 3.58. The van der Waals surface area contributed by atoms with E-state index in [9.17, 15) is 8.42 Å². The number of pyridine rings is 1. The van der Waals surface area contributed by atoms with Gasteiger partial charge in [0.15, 0.2) is 0 Å². The zero-order chi connectivity index (χ0) is 15.6. The Labute approximate surface area is 135 Å². The van der Waals surface area contributed by atoms with Crippen LogP contribution in [0.4, 0.5) is 11.5 Å². The Morgan fingerprint density at radius 2 is 2.10 bits per heavy atom. The molecule has 3 N–H and O–H groups in total. The Balaban J connectivity index is 2.41. The van der Waals surface area contributed by atoms with Crippen molar-refractivity contribution in [2.75, 3.05) is 17.6 Å². The van der Waals surface area contributed by atoms with Crippen LogP contribution in [-0.2, 0) is 10.0 Å². The third-order valence-corrected chi connectivity index (χ3v) is 4.69. The molecule has 0 saturated carbocycles. The van der Waals surface area contributed by atoms with Crippen LogP contribution >= 0.6 is 27.5 Å². The first kappa shape index (κ1) is 15.9. The molecule has 0 radical (unpaired) electrons. The van der Waals surface area contributed by atoms with Crippen LogP contribution in [0.15, 0.2) is 39.8 Å². The summed E-state index contributed by atoms with van der Waals surface area (Å²) in [6, 6.07) is 6.19. The molecule has 2 aromatic rings. The van der Waals surface area contributed by atoms with Gasteiger partial charge in [-0.2, -0.15) is 0 Å². The van der Waals surface area contributed by atoms with Crippen LogP contribution in [0.5, 0.6) is 5.75 Å². The van der Waals surface area contributed by atoms with Crippen LogP contribution < -0.4 is 15.2 Å². The van der Waals surface area contributed by atoms with Gasteiger partial charge in [-0.1, -0.05) is 27.5 Å². The van der Waals surface area contributed by atoms with E-state index in [-0.39, 0.29) is 15.7 Å². The number of hydrogen-bond donors (Lipinski definition) is 2. The first-order valence-corrected chi connectivity index (χ1v) is 8.26. The second-order valence-corrected chi connectivity index (χ2v) is 6.99. The van der Waals surface area contributed by atoms with Gasteiger partial charge in [-0.15, -0.1) is 0 Å². The molecule has 0 amide bonds. The zero-order valence-electron chi connectivity index (χ0n) is 10.8. The normalized spacial score (nSPS) is 11.2. The highest BCUT2D eigenvalue weighted by molar-refractivity contribution is 9.10. The lowest BCUT2D eigenvalue weighted by molar-refractivity contribution is 0.417. The number of sulfonamides is 1. The summed E-state index contributed by atoms with van der Waals surface area (Å²) in [4.78, 5) is 3.64. The number of ether oxygens (including phenoxy) is 1. The largest absolute Gasteiger partial charge is 0.495 e. The Morgan fingerprint density at radius 1 is 1.38 bits per heavy atom. The summed E-state index contributed by atoms with van der Waals surface area (Å²) < 4.78 is 32.9. The van der Waals surface area contributed by atoms with E-state index >= 15 is 0 Å². The number of aromatic nitrogens is 1. The van der Waals surface area contributed by atoms with Gasteiger partial charge in [-0.25, -0.2) is 13.4 Å². The van der Waals surface area contributed by atoms with Gasteiger partial charge in [0.05, 0.1) is 17.8 Å². The quantitative estimate of drug-likeness (QED) is 0.834. The molecule has 0 bridgehead atoms. The number of nitrogens with one attached hydrogen (secondary N) is 1. The Bertz CT molecular complexity index is 783. The molecule has 112 valence electrons. The minimum atomic E-state index is -3.86. The highest BCUT2D eigenvalue weighted by Crippen LogP contribution is 2.30. The fraction of sp³-hybridized carbons (Fsp3) is 0.0833. The molecule has 0 atom stereocenters. The number of anilines is 2. The van der Waals surface area contributed by atoms with Crippen LogP contribution in [-0.4, -0.2) is 20.5 Å². The monoisotopic (exact) mass is 391 g/mol. The highest BCUT2D eigenvalue weighted by atomic mass is 79.9. The van der Waals surface area contributed by atoms with Crippen LogP contribution in [0.1, 0.15) is 0 Å². The fourth-order valence-electron chi connectivity index (χ4n) is 1.54. The second-order valence-electron chi connectivity index (χ2n) is 3.99. The second kappa shape index (κ2) is 6.08. The first-order valence-electron chi connectivity index (χ1n) is 5.61. The lowest BCUT2D eigenvalue weighted by Crippen LogP contribution is -2.14. The van der Waals surface area contributed by atoms with Crippen molar-refractivity contribution in [1.29, 1.82) is 0 Å². The fourth-order valence-corrected chi connectivity index (χ4v) is 3.17. The van der Waals surface area contributed by atoms with Crippen LogP contribution in [0.2, 0.25) is 5.02 Å². The molecule has 1 aromatic carbocycles. The minimum absolute atomic E-state index is 0.0654. The Hall–Kier alpha value is -1.51. The first-order chi connectivity index (χ1) is 9.83. The maximum absolute atomic E-state index is 12.3. The number of nitrogen functional groups attached to an aromatic ring is 1. The summed E-state index contributed by atoms with van der Waals surface area (Å²) >= 11 is 9.06. The number of benzene rings is 1. The van der Waals surface area contributed by atoms with Crippen molar-refractivity contribution in [3.05, 3.63) is 40.0 Å². The maximum Gasteiger partial charge on any atom is 0.263 e. The van der Waals surface area contributed by atoms with Gasteiger partial charge in [0.2, 0.25) is 0 Å². The molecule has 0 aliphatic heterocycles. The van der Waals surface area contributed by atoms with Crippen LogP contribution in [0.25, 0.3) is 0 Å². The SMILES string of the molecule is COc1ccc(Br)cc1NS(=O)(=O)c1cnc(N)c(Cl)c1. The molecule has 0 fully saturated rings. The highest BCUT2D eigenvalue weighted by Gasteiger charge is 2.18. The van der Waals surface area contributed by atoms with E-state index in [0.717, 1.165) is 6.20 Å². The van der Waals surface area contributed by atoms with E-state index in [2.05, 4.69) is 25.6 Å². The Kier molecular flexibility index (Phi) is 4.60. The van der Waals surface area contributed by atoms with Crippen molar-refractivity contribution in [2.24, 2.45) is 0 Å². The molecule has 21 heavy (non-hydrogen) atoms. The van der Waals surface area contributed by atoms with E-state index in [0.29, 0.717) is 15.9 Å². The predicted octanol–water partition coefficient (Wildman–Crippen LogP) is 2.89. The number of rotatable bonds is 4. The van der Waals surface area contributed by atoms with E-state index < -0.39 is 10.0 Å². The molecule has 0 saturated heterocycles. The third-order valence-electron chi connectivity index (χ3n) is 2.56. The lowest BCUT2D eigenvalue weighted by Gasteiger charge is -2.12. The average Bonchev–Trinajstić information content (AvgIpc) is 2.41. The van der Waals surface area contributed by atoms with Crippen molar-refractivity contribution in [3.8, 4) is 5.75 Å². The van der Waals surface area contributed by atoms with Gasteiger partial charge in [0.1, 0.15) is 16.5 Å². The average molecular weight is 393 g/mol. The molecule has 2 rings (SSSR count). The molecule has 0 aliphatic rings. The molecular formula is C12H11BrClN3O3S. The van der Waals surface area contributed by atoms with Gasteiger partial charge < -0.3 is 10.5 Å². The van der Waals surface area contributed by atoms with Gasteiger partial charge in [0.25, 0.3) is 10.0 Å². The van der Waals surface area contributed by atoms with Gasteiger partial charge >= 0.3 is 0 Å². The lowest BCUT2D eigenvalue weighted by atomic mass is 10.3. The summed E-state index contributed by atoms with van der Waals surface area (Å²) in [6.45, 7) is 0. The standard InChI is InChI=1S/C12H11BrClN3O3S/c1-20-11-3-2-7(13)4-10(11)17-21(18,19)8-5-9(14)12(15)16-6-8/h2-6,17H,1H3,(H2,15,16). The molecule has 0 aliphatic carbocycles. The smallest absolute Gasteiger partial charge is 0.263 e. The number of halogens is 2. The minimum Gasteiger partial charge on any atom is -0.495 e. The summed E-state index contributed by atoms with van der Waals surface area (Å²) in [5.41, 5.74) is 5.76. The van der Waals surface area contributed by atoms with Gasteiger partial charge in [-0.05, 0) is 24.3 Å². The number of hydrogen-bond acceptors (Lipinski definition) is 5. The van der Waals surface area contributed by atoms with E-state index in [4.69, 9.17) is 22.1 Å². The molecule has 9 heteroatoms. The summed E-state index contributed by atoms with van der Waals surface area (Å²) in [7, 11) is -2.41. The summed E-state index contributed by atoms with van der Waals surface area (Å²) in [5, 5.41) is 0.0686. The Morgan fingerprint density at radius 3 is 2.71 bits per heavy atom. The van der Waals surface area contributed by atoms with Crippen molar-refractivity contribution >= 4 is 49.1 Å². The molecule has 0 spiro atoms. The van der Waals surface area contributed by atoms with Gasteiger partial charge in [-0.3, -0.25) is 4.72 Å². The summed E-state index contributed by atoms with van der Waals surface area (Å²) in [6.07, 6.45) is 1.13. The van der Waals surface area contributed by atoms with Crippen molar-refractivity contribution in [2.45, 2.75) is 4.90 Å². The van der Waals surface area contributed by atoms with Crippen molar-refractivity contribution < 1.29 is 13.2 Å². The van der Waals surface area contributed by atoms with Gasteiger partial charge in [0, 0.05) is 10.7 Å². The molecule has 6 nitrogen and oxygen atoms in total. The van der Waals surface area contributed by atoms with E-state index in [1.54, 1.807) is 18.2 Å². The van der Waals surface area contributed by atoms with E-state index in [1.807, 2.05) is 0 Å². The molecule has 1 aromatic heterocycles. The number of nitrogens with two attached hydrogens (primary N) is 1. The predicted molar refractivity (Wildman–Crippen MR) is 85.2 cm³/mol. The van der Waals surface area contributed by atoms with Crippen LogP contribution in [0, 0.1) is 0 Å².